The van der Waals surface area contributed by atoms with Gasteiger partial charge in [-0.3, -0.25) is 0 Å². The van der Waals surface area contributed by atoms with Crippen LogP contribution in [0.5, 0.6) is 0 Å². The molecule has 0 aromatic rings. The maximum atomic E-state index is 10.5. The zero-order valence-electron chi connectivity index (χ0n) is 15.1. The summed E-state index contributed by atoms with van der Waals surface area (Å²) >= 11 is 0. The number of ether oxygens (including phenoxy) is 1. The molecular weight excluding hydrogens is 272 g/mol. The molecule has 3 fully saturated rings. The number of hydrogen-bond donors (Lipinski definition) is 1. The lowest BCUT2D eigenvalue weighted by atomic mass is 9.44. The van der Waals surface area contributed by atoms with E-state index < -0.39 is 0 Å². The standard InChI is InChI=1S/C20H34O2/c1-7-18(4)10-8-16-19(5)13-14(21)12-17(2,3)15(19)9-11-20(16,6)22-18/h7,14-16,21H,1,8-13H2,2-6H3/t14-,15?,16+,18+,19-,20+/m1/s1. The first-order valence-electron chi connectivity index (χ1n) is 9.07. The van der Waals surface area contributed by atoms with Crippen LogP contribution in [0.4, 0.5) is 0 Å². The lowest BCUT2D eigenvalue weighted by Crippen LogP contribution is -2.63. The van der Waals surface area contributed by atoms with Crippen LogP contribution in [0.25, 0.3) is 0 Å². The second-order valence-electron chi connectivity index (χ2n) is 9.67. The van der Waals surface area contributed by atoms with Gasteiger partial charge in [0, 0.05) is 0 Å². The van der Waals surface area contributed by atoms with Crippen LogP contribution in [0.1, 0.15) is 73.1 Å². The van der Waals surface area contributed by atoms with E-state index in [0.29, 0.717) is 11.8 Å². The van der Waals surface area contributed by atoms with Gasteiger partial charge in [0.1, 0.15) is 0 Å². The van der Waals surface area contributed by atoms with Gasteiger partial charge in [-0.05, 0) is 75.0 Å². The zero-order valence-corrected chi connectivity index (χ0v) is 15.1. The van der Waals surface area contributed by atoms with E-state index in [-0.39, 0.29) is 28.1 Å². The van der Waals surface area contributed by atoms with E-state index in [4.69, 9.17) is 4.74 Å². The average molecular weight is 306 g/mol. The molecule has 1 heterocycles. The van der Waals surface area contributed by atoms with Crippen molar-refractivity contribution in [1.82, 2.24) is 0 Å². The molecule has 0 radical (unpaired) electrons. The van der Waals surface area contributed by atoms with E-state index in [1.54, 1.807) is 0 Å². The van der Waals surface area contributed by atoms with Gasteiger partial charge in [-0.25, -0.2) is 0 Å². The highest BCUT2D eigenvalue weighted by molar-refractivity contribution is 5.13. The lowest BCUT2D eigenvalue weighted by Gasteiger charge is -2.65. The highest BCUT2D eigenvalue weighted by Crippen LogP contribution is 2.65. The topological polar surface area (TPSA) is 29.5 Å². The summed E-state index contributed by atoms with van der Waals surface area (Å²) in [7, 11) is 0. The lowest BCUT2D eigenvalue weighted by molar-refractivity contribution is -0.260. The van der Waals surface area contributed by atoms with Crippen molar-refractivity contribution in [2.45, 2.75) is 90.4 Å². The third kappa shape index (κ3) is 2.29. The monoisotopic (exact) mass is 306 g/mol. The average Bonchev–Trinajstić information content (AvgIpc) is 2.35. The molecule has 3 aliphatic rings. The quantitative estimate of drug-likeness (QED) is 0.711. The van der Waals surface area contributed by atoms with Crippen molar-refractivity contribution >= 4 is 0 Å². The summed E-state index contributed by atoms with van der Waals surface area (Å²) < 4.78 is 6.63. The molecule has 2 aliphatic carbocycles. The third-order valence-corrected chi connectivity index (χ3v) is 7.47. The van der Waals surface area contributed by atoms with E-state index in [1.165, 1.54) is 12.8 Å². The van der Waals surface area contributed by atoms with Crippen LogP contribution in [0.2, 0.25) is 0 Å². The SMILES string of the molecule is C=C[C@@]1(C)CC[C@@H]2[C@](C)(CCC3C(C)(C)C[C@@H](O)C[C@]32C)O1. The minimum absolute atomic E-state index is 0.0699. The minimum Gasteiger partial charge on any atom is -0.393 e. The van der Waals surface area contributed by atoms with Crippen molar-refractivity contribution in [1.29, 1.82) is 0 Å². The van der Waals surface area contributed by atoms with Crippen molar-refractivity contribution in [2.24, 2.45) is 22.7 Å². The van der Waals surface area contributed by atoms with Gasteiger partial charge in [0.25, 0.3) is 0 Å². The van der Waals surface area contributed by atoms with Crippen LogP contribution in [0.3, 0.4) is 0 Å². The Hall–Kier alpha value is -0.340. The highest BCUT2D eigenvalue weighted by atomic mass is 16.5. The third-order valence-electron chi connectivity index (χ3n) is 7.47. The molecule has 0 spiro atoms. The maximum Gasteiger partial charge on any atom is 0.0839 e. The summed E-state index contributed by atoms with van der Waals surface area (Å²) in [5.41, 5.74) is 0.167. The summed E-state index contributed by atoms with van der Waals surface area (Å²) in [5.74, 6) is 1.24. The van der Waals surface area contributed by atoms with Gasteiger partial charge in [0.15, 0.2) is 0 Å². The molecule has 126 valence electrons. The van der Waals surface area contributed by atoms with E-state index in [0.717, 1.165) is 25.7 Å². The Morgan fingerprint density at radius 2 is 1.64 bits per heavy atom. The van der Waals surface area contributed by atoms with E-state index in [2.05, 4.69) is 41.2 Å². The number of fused-ring (bicyclic) bond motifs is 3. The molecule has 1 aliphatic heterocycles. The predicted octanol–water partition coefficient (Wildman–Crippen LogP) is 4.71. The number of aliphatic hydroxyl groups is 1. The van der Waals surface area contributed by atoms with Crippen LogP contribution in [-0.4, -0.2) is 22.4 Å². The van der Waals surface area contributed by atoms with Crippen LogP contribution in [0, 0.1) is 22.7 Å². The predicted molar refractivity (Wildman–Crippen MR) is 90.7 cm³/mol. The molecule has 2 heteroatoms. The minimum atomic E-state index is -0.183. The highest BCUT2D eigenvalue weighted by Gasteiger charge is 2.62. The molecule has 2 saturated carbocycles. The molecule has 0 bridgehead atoms. The first kappa shape index (κ1) is 16.5. The van der Waals surface area contributed by atoms with Gasteiger partial charge < -0.3 is 9.84 Å². The van der Waals surface area contributed by atoms with Crippen LogP contribution < -0.4 is 0 Å². The normalized spacial score (nSPS) is 54.2. The molecule has 3 rings (SSSR count). The van der Waals surface area contributed by atoms with Gasteiger partial charge in [-0.1, -0.05) is 26.8 Å². The largest absolute Gasteiger partial charge is 0.393 e. The summed E-state index contributed by atoms with van der Waals surface area (Å²) in [6.45, 7) is 15.6. The summed E-state index contributed by atoms with van der Waals surface area (Å²) in [4.78, 5) is 0. The first-order valence-corrected chi connectivity index (χ1v) is 9.07. The number of rotatable bonds is 1. The smallest absolute Gasteiger partial charge is 0.0839 e. The van der Waals surface area contributed by atoms with Crippen LogP contribution >= 0.6 is 0 Å². The van der Waals surface area contributed by atoms with Crippen molar-refractivity contribution in [3.8, 4) is 0 Å². The Balaban J connectivity index is 1.97. The van der Waals surface area contributed by atoms with Gasteiger partial charge in [-0.15, -0.1) is 6.58 Å². The van der Waals surface area contributed by atoms with Crippen molar-refractivity contribution < 1.29 is 9.84 Å². The Morgan fingerprint density at radius 1 is 1.00 bits per heavy atom. The first-order chi connectivity index (χ1) is 10.0. The molecule has 1 unspecified atom stereocenters. The van der Waals surface area contributed by atoms with E-state index in [1.807, 2.05) is 6.08 Å². The molecule has 0 amide bonds. The Labute approximate surface area is 136 Å². The fourth-order valence-electron chi connectivity index (χ4n) is 6.69. The summed E-state index contributed by atoms with van der Waals surface area (Å²) in [5, 5.41) is 10.5. The van der Waals surface area contributed by atoms with Gasteiger partial charge >= 0.3 is 0 Å². The second-order valence-corrected chi connectivity index (χ2v) is 9.67. The van der Waals surface area contributed by atoms with Gasteiger partial charge in [-0.2, -0.15) is 0 Å². The fourth-order valence-corrected chi connectivity index (χ4v) is 6.69. The van der Waals surface area contributed by atoms with Crippen molar-refractivity contribution in [2.75, 3.05) is 0 Å². The van der Waals surface area contributed by atoms with Crippen molar-refractivity contribution in [3.63, 3.8) is 0 Å². The van der Waals surface area contributed by atoms with Crippen LogP contribution in [-0.2, 0) is 4.74 Å². The molecule has 2 nitrogen and oxygen atoms in total. The van der Waals surface area contributed by atoms with E-state index in [9.17, 15) is 5.11 Å². The Morgan fingerprint density at radius 3 is 2.27 bits per heavy atom. The molecule has 1 saturated heterocycles. The zero-order chi connectivity index (χ0) is 16.4. The number of hydrogen-bond acceptors (Lipinski definition) is 2. The van der Waals surface area contributed by atoms with E-state index >= 15 is 0 Å². The van der Waals surface area contributed by atoms with Crippen LogP contribution in [0.15, 0.2) is 12.7 Å². The summed E-state index contributed by atoms with van der Waals surface area (Å²) in [6.07, 6.45) is 8.31. The second kappa shape index (κ2) is 4.83. The molecule has 1 N–H and O–H groups in total. The molecule has 6 atom stereocenters. The molecular formula is C20H34O2. The van der Waals surface area contributed by atoms with Gasteiger partial charge in [0.2, 0.25) is 0 Å². The number of aliphatic hydroxyl groups excluding tert-OH is 1. The molecule has 0 aromatic heterocycles. The maximum absolute atomic E-state index is 10.5. The van der Waals surface area contributed by atoms with Crippen molar-refractivity contribution in [3.05, 3.63) is 12.7 Å². The molecule has 22 heavy (non-hydrogen) atoms. The molecule has 0 aromatic carbocycles. The summed E-state index contributed by atoms with van der Waals surface area (Å²) in [6, 6.07) is 0. The van der Waals surface area contributed by atoms with Gasteiger partial charge in [0.05, 0.1) is 17.3 Å². The fraction of sp³-hybridized carbons (Fsp3) is 0.900. The Kier molecular flexibility index (Phi) is 3.63. The Bertz CT molecular complexity index is 470.